The lowest BCUT2D eigenvalue weighted by Gasteiger charge is -1.98. The first kappa shape index (κ1) is 8.45. The smallest absolute Gasteiger partial charge is 0.342 e. The van der Waals surface area contributed by atoms with E-state index in [0.29, 0.717) is 12.2 Å². The standard InChI is InChI=1S/C7H8N2O3/c1-2-5-8-3-4(7(11)12)6(10)9-5/h3H,2H2,1H3,(H,11,12)(H,8,9,10). The zero-order chi connectivity index (χ0) is 9.14. The molecule has 12 heavy (non-hydrogen) atoms. The molecule has 0 aliphatic carbocycles. The molecule has 0 atom stereocenters. The molecule has 0 radical (unpaired) electrons. The van der Waals surface area contributed by atoms with Crippen LogP contribution in [0, 0.1) is 0 Å². The second-order valence-electron chi connectivity index (χ2n) is 2.18. The maximum atomic E-state index is 10.4. The predicted molar refractivity (Wildman–Crippen MR) is 40.0 cm³/mol. The molecule has 0 spiro atoms. The Bertz CT molecular complexity index is 312. The fraction of sp³-hybridized carbons (Fsp3) is 0.286. The molecular formula is C7H8N2O3. The van der Waals surface area contributed by atoms with E-state index in [1.54, 1.807) is 0 Å². The molecule has 0 bridgehead atoms. The van der Waals surface area contributed by atoms with E-state index in [-0.39, 0.29) is 5.56 Å². The third-order valence-corrected chi connectivity index (χ3v) is 1.37. The molecule has 0 saturated heterocycles. The average molecular weight is 168 g/mol. The topological polar surface area (TPSA) is 83.3 Å². The molecule has 0 aromatic carbocycles. The maximum Gasteiger partial charge on any atom is 0.342 e. The van der Waals surface area contributed by atoms with Crippen molar-refractivity contribution in [1.29, 1.82) is 0 Å². The minimum Gasteiger partial charge on any atom is -0.493 e. The summed E-state index contributed by atoms with van der Waals surface area (Å²) in [5, 5.41) is 17.6. The predicted octanol–water partition coefficient (Wildman–Crippen LogP) is 0.443. The van der Waals surface area contributed by atoms with E-state index >= 15 is 0 Å². The average Bonchev–Trinajstić information content (AvgIpc) is 2.03. The summed E-state index contributed by atoms with van der Waals surface area (Å²) < 4.78 is 0. The Morgan fingerprint density at radius 1 is 1.67 bits per heavy atom. The molecular weight excluding hydrogens is 160 g/mol. The molecule has 1 heterocycles. The van der Waals surface area contributed by atoms with Gasteiger partial charge in [0.15, 0.2) is 0 Å². The van der Waals surface area contributed by atoms with E-state index in [2.05, 4.69) is 9.97 Å². The molecule has 0 aliphatic rings. The number of aromatic hydroxyl groups is 1. The van der Waals surface area contributed by atoms with Crippen LogP contribution in [0.2, 0.25) is 0 Å². The summed E-state index contributed by atoms with van der Waals surface area (Å²) in [7, 11) is 0. The molecule has 0 fully saturated rings. The molecule has 0 amide bonds. The highest BCUT2D eigenvalue weighted by molar-refractivity contribution is 5.89. The van der Waals surface area contributed by atoms with Crippen LogP contribution in [0.25, 0.3) is 0 Å². The summed E-state index contributed by atoms with van der Waals surface area (Å²) in [5.41, 5.74) is -0.271. The molecule has 0 unspecified atom stereocenters. The van der Waals surface area contributed by atoms with Crippen molar-refractivity contribution in [2.24, 2.45) is 0 Å². The first-order valence-electron chi connectivity index (χ1n) is 3.43. The minimum atomic E-state index is -1.23. The number of hydrogen-bond donors (Lipinski definition) is 2. The Morgan fingerprint density at radius 3 is 2.75 bits per heavy atom. The van der Waals surface area contributed by atoms with Crippen molar-refractivity contribution in [1.82, 2.24) is 9.97 Å². The highest BCUT2D eigenvalue weighted by Gasteiger charge is 2.11. The molecule has 2 N–H and O–H groups in total. The molecule has 1 aromatic rings. The van der Waals surface area contributed by atoms with E-state index < -0.39 is 11.8 Å². The van der Waals surface area contributed by atoms with E-state index in [4.69, 9.17) is 10.2 Å². The third-order valence-electron chi connectivity index (χ3n) is 1.37. The van der Waals surface area contributed by atoms with Gasteiger partial charge in [0.05, 0.1) is 0 Å². The largest absolute Gasteiger partial charge is 0.493 e. The Balaban J connectivity index is 3.12. The number of aryl methyl sites for hydroxylation is 1. The Hall–Kier alpha value is -1.65. The zero-order valence-corrected chi connectivity index (χ0v) is 6.48. The van der Waals surface area contributed by atoms with Gasteiger partial charge in [0.2, 0.25) is 5.88 Å². The number of rotatable bonds is 2. The van der Waals surface area contributed by atoms with Crippen LogP contribution >= 0.6 is 0 Å². The van der Waals surface area contributed by atoms with Crippen molar-refractivity contribution in [3.8, 4) is 5.88 Å². The monoisotopic (exact) mass is 168 g/mol. The number of carbonyl (C=O) groups is 1. The van der Waals surface area contributed by atoms with E-state index in [0.717, 1.165) is 6.20 Å². The number of carboxylic acids is 1. The van der Waals surface area contributed by atoms with Crippen molar-refractivity contribution in [3.05, 3.63) is 17.6 Å². The SMILES string of the molecule is CCc1ncc(C(=O)O)c(O)n1. The minimum absolute atomic E-state index is 0.271. The van der Waals surface area contributed by atoms with Crippen LogP contribution in [0.3, 0.4) is 0 Å². The molecule has 0 aliphatic heterocycles. The van der Waals surface area contributed by atoms with Gasteiger partial charge in [0, 0.05) is 12.6 Å². The van der Waals surface area contributed by atoms with Gasteiger partial charge in [-0.25, -0.2) is 9.78 Å². The van der Waals surface area contributed by atoms with Gasteiger partial charge in [-0.1, -0.05) is 6.92 Å². The van der Waals surface area contributed by atoms with E-state index in [1.807, 2.05) is 6.92 Å². The van der Waals surface area contributed by atoms with Crippen LogP contribution in [0.4, 0.5) is 0 Å². The van der Waals surface area contributed by atoms with Gasteiger partial charge in [-0.2, -0.15) is 4.98 Å². The lowest BCUT2D eigenvalue weighted by molar-refractivity contribution is 0.0692. The van der Waals surface area contributed by atoms with Gasteiger partial charge < -0.3 is 10.2 Å². The molecule has 5 heteroatoms. The zero-order valence-electron chi connectivity index (χ0n) is 6.48. The highest BCUT2D eigenvalue weighted by Crippen LogP contribution is 2.11. The molecule has 64 valence electrons. The Labute approximate surface area is 68.7 Å². The normalized spacial score (nSPS) is 9.75. The van der Waals surface area contributed by atoms with Crippen molar-refractivity contribution in [2.45, 2.75) is 13.3 Å². The van der Waals surface area contributed by atoms with Crippen LogP contribution in [0.1, 0.15) is 23.1 Å². The molecule has 1 rings (SSSR count). The number of aromatic carboxylic acids is 1. The number of hydrogen-bond acceptors (Lipinski definition) is 4. The first-order chi connectivity index (χ1) is 5.65. The highest BCUT2D eigenvalue weighted by atomic mass is 16.4. The van der Waals surface area contributed by atoms with Gasteiger partial charge in [0.25, 0.3) is 0 Å². The summed E-state index contributed by atoms with van der Waals surface area (Å²) >= 11 is 0. The van der Waals surface area contributed by atoms with Crippen LogP contribution < -0.4 is 0 Å². The maximum absolute atomic E-state index is 10.4. The van der Waals surface area contributed by atoms with Crippen LogP contribution in [0.15, 0.2) is 6.20 Å². The number of aromatic nitrogens is 2. The number of nitrogens with zero attached hydrogens (tertiary/aromatic N) is 2. The van der Waals surface area contributed by atoms with Crippen LogP contribution in [0.5, 0.6) is 5.88 Å². The van der Waals surface area contributed by atoms with Crippen LogP contribution in [-0.4, -0.2) is 26.2 Å². The summed E-state index contributed by atoms with van der Waals surface area (Å²) in [6, 6.07) is 0. The molecule has 0 saturated carbocycles. The van der Waals surface area contributed by atoms with Gasteiger partial charge in [0.1, 0.15) is 11.4 Å². The number of carboxylic acid groups (broad SMARTS) is 1. The summed E-state index contributed by atoms with van der Waals surface area (Å²) in [4.78, 5) is 17.7. The molecule has 1 aromatic heterocycles. The lowest BCUT2D eigenvalue weighted by atomic mass is 10.3. The molecule has 5 nitrogen and oxygen atoms in total. The summed E-state index contributed by atoms with van der Waals surface area (Å²) in [5.74, 6) is -1.28. The van der Waals surface area contributed by atoms with Gasteiger partial charge in [-0.05, 0) is 0 Å². The van der Waals surface area contributed by atoms with E-state index in [9.17, 15) is 4.79 Å². The lowest BCUT2D eigenvalue weighted by Crippen LogP contribution is -2.02. The fourth-order valence-corrected chi connectivity index (χ4v) is 0.729. The Morgan fingerprint density at radius 2 is 2.33 bits per heavy atom. The third kappa shape index (κ3) is 1.50. The van der Waals surface area contributed by atoms with Gasteiger partial charge in [-0.3, -0.25) is 0 Å². The van der Waals surface area contributed by atoms with Crippen molar-refractivity contribution < 1.29 is 15.0 Å². The second-order valence-corrected chi connectivity index (χ2v) is 2.18. The first-order valence-corrected chi connectivity index (χ1v) is 3.43. The van der Waals surface area contributed by atoms with Crippen LogP contribution in [-0.2, 0) is 6.42 Å². The summed E-state index contributed by atoms with van der Waals surface area (Å²) in [6.07, 6.45) is 1.66. The van der Waals surface area contributed by atoms with Crippen molar-refractivity contribution in [2.75, 3.05) is 0 Å². The van der Waals surface area contributed by atoms with E-state index in [1.165, 1.54) is 0 Å². The van der Waals surface area contributed by atoms with Gasteiger partial charge >= 0.3 is 5.97 Å². The van der Waals surface area contributed by atoms with Crippen molar-refractivity contribution in [3.63, 3.8) is 0 Å². The Kier molecular flexibility index (Phi) is 2.23. The van der Waals surface area contributed by atoms with Crippen molar-refractivity contribution >= 4 is 5.97 Å². The van der Waals surface area contributed by atoms with Gasteiger partial charge in [-0.15, -0.1) is 0 Å². The quantitative estimate of drug-likeness (QED) is 0.669. The second kappa shape index (κ2) is 3.17. The summed E-state index contributed by atoms with van der Waals surface area (Å²) in [6.45, 7) is 1.81. The fourth-order valence-electron chi connectivity index (χ4n) is 0.729.